The fraction of sp³-hybridized carbons (Fsp3) is 0.200. The van der Waals surface area contributed by atoms with E-state index in [4.69, 9.17) is 5.11 Å². The summed E-state index contributed by atoms with van der Waals surface area (Å²) in [4.78, 5) is 14.6. The summed E-state index contributed by atoms with van der Waals surface area (Å²) >= 11 is 0. The Hall–Kier alpha value is -2.21. The van der Waals surface area contributed by atoms with Crippen LogP contribution >= 0.6 is 0 Å². The van der Waals surface area contributed by atoms with Gasteiger partial charge in [-0.2, -0.15) is 0 Å². The summed E-state index contributed by atoms with van der Waals surface area (Å²) < 4.78 is 24.4. The molecule has 110 valence electrons. The standard InChI is InChI=1S/C15H15NO4S/c1-11-4-2-3-5-13(11)9-21(19,20)10-14-7-6-12(8-16-14)15(17)18/h2-8H,9-10H2,1H3,(H,17,18). The number of nitrogens with zero attached hydrogens (tertiary/aromatic N) is 1. The van der Waals surface area contributed by atoms with Crippen LogP contribution < -0.4 is 0 Å². The van der Waals surface area contributed by atoms with Crippen LogP contribution in [-0.4, -0.2) is 24.5 Å². The Balaban J connectivity index is 2.14. The van der Waals surface area contributed by atoms with Crippen molar-refractivity contribution >= 4 is 15.8 Å². The highest BCUT2D eigenvalue weighted by Gasteiger charge is 2.15. The molecule has 0 bridgehead atoms. The lowest BCUT2D eigenvalue weighted by Gasteiger charge is -2.07. The maximum atomic E-state index is 12.2. The Morgan fingerprint density at radius 1 is 1.14 bits per heavy atom. The molecule has 0 radical (unpaired) electrons. The molecule has 5 nitrogen and oxygen atoms in total. The number of sulfone groups is 1. The van der Waals surface area contributed by atoms with Crippen molar-refractivity contribution in [1.82, 2.24) is 4.98 Å². The van der Waals surface area contributed by atoms with E-state index >= 15 is 0 Å². The van der Waals surface area contributed by atoms with Gasteiger partial charge in [0, 0.05) is 6.20 Å². The third kappa shape index (κ3) is 4.13. The third-order valence-electron chi connectivity index (χ3n) is 3.08. The molecule has 6 heteroatoms. The third-order valence-corrected chi connectivity index (χ3v) is 4.56. The number of carbonyl (C=O) groups is 1. The van der Waals surface area contributed by atoms with E-state index in [0.29, 0.717) is 5.69 Å². The number of aryl methyl sites for hydroxylation is 1. The average molecular weight is 305 g/mol. The maximum Gasteiger partial charge on any atom is 0.337 e. The summed E-state index contributed by atoms with van der Waals surface area (Å²) in [7, 11) is -3.35. The second kappa shape index (κ2) is 6.05. The van der Waals surface area contributed by atoms with E-state index in [1.54, 1.807) is 12.1 Å². The largest absolute Gasteiger partial charge is 0.478 e. The molecule has 0 aliphatic carbocycles. The zero-order valence-electron chi connectivity index (χ0n) is 11.5. The van der Waals surface area contributed by atoms with Gasteiger partial charge < -0.3 is 5.11 Å². The zero-order chi connectivity index (χ0) is 15.5. The second-order valence-corrected chi connectivity index (χ2v) is 6.87. The smallest absolute Gasteiger partial charge is 0.337 e. The Morgan fingerprint density at radius 2 is 1.86 bits per heavy atom. The highest BCUT2D eigenvalue weighted by Crippen LogP contribution is 2.14. The van der Waals surface area contributed by atoms with Crippen molar-refractivity contribution in [3.63, 3.8) is 0 Å². The summed E-state index contributed by atoms with van der Waals surface area (Å²) in [6.45, 7) is 1.87. The second-order valence-electron chi connectivity index (χ2n) is 4.80. The Kier molecular flexibility index (Phi) is 4.37. The number of aromatic nitrogens is 1. The van der Waals surface area contributed by atoms with Crippen LogP contribution in [0.15, 0.2) is 42.6 Å². The first-order valence-corrected chi connectivity index (χ1v) is 8.13. The number of benzene rings is 1. The number of rotatable bonds is 5. The molecule has 0 aliphatic heterocycles. The van der Waals surface area contributed by atoms with E-state index in [1.165, 1.54) is 18.3 Å². The van der Waals surface area contributed by atoms with Crippen molar-refractivity contribution in [1.29, 1.82) is 0 Å². The highest BCUT2D eigenvalue weighted by atomic mass is 32.2. The lowest BCUT2D eigenvalue weighted by molar-refractivity contribution is 0.0696. The fourth-order valence-electron chi connectivity index (χ4n) is 1.92. The van der Waals surface area contributed by atoms with E-state index in [-0.39, 0.29) is 17.1 Å². The van der Waals surface area contributed by atoms with Gasteiger partial charge in [0.25, 0.3) is 0 Å². The van der Waals surface area contributed by atoms with Crippen molar-refractivity contribution in [3.05, 3.63) is 65.0 Å². The molecule has 0 unspecified atom stereocenters. The number of carboxylic acids is 1. The van der Waals surface area contributed by atoms with E-state index in [0.717, 1.165) is 11.1 Å². The summed E-state index contributed by atoms with van der Waals surface area (Å²) in [5, 5.41) is 8.78. The van der Waals surface area contributed by atoms with Crippen LogP contribution in [0, 0.1) is 6.92 Å². The normalized spacial score (nSPS) is 11.3. The quantitative estimate of drug-likeness (QED) is 0.915. The van der Waals surface area contributed by atoms with Crippen LogP contribution in [0.5, 0.6) is 0 Å². The van der Waals surface area contributed by atoms with Gasteiger partial charge in [0.1, 0.15) is 0 Å². The maximum absolute atomic E-state index is 12.2. The van der Waals surface area contributed by atoms with Gasteiger partial charge in [-0.15, -0.1) is 0 Å². The molecule has 1 N–H and O–H groups in total. The molecule has 0 saturated carbocycles. The molecule has 0 fully saturated rings. The Bertz CT molecular complexity index is 751. The topological polar surface area (TPSA) is 84.3 Å². The monoisotopic (exact) mass is 305 g/mol. The van der Waals surface area contributed by atoms with E-state index in [2.05, 4.69) is 4.98 Å². The number of hydrogen-bond acceptors (Lipinski definition) is 4. The average Bonchev–Trinajstić information content (AvgIpc) is 2.41. The van der Waals surface area contributed by atoms with Gasteiger partial charge in [-0.1, -0.05) is 24.3 Å². The lowest BCUT2D eigenvalue weighted by Crippen LogP contribution is -2.10. The molecule has 1 aromatic carbocycles. The molecule has 1 heterocycles. The first-order chi connectivity index (χ1) is 9.87. The molecule has 0 amide bonds. The molecule has 0 atom stereocenters. The number of hydrogen-bond donors (Lipinski definition) is 1. The molecule has 0 saturated heterocycles. The number of aromatic carboxylic acids is 1. The molecule has 2 aromatic rings. The molecule has 1 aromatic heterocycles. The molecular formula is C15H15NO4S. The van der Waals surface area contributed by atoms with Gasteiger partial charge in [-0.25, -0.2) is 13.2 Å². The van der Waals surface area contributed by atoms with Crippen LogP contribution in [0.1, 0.15) is 27.2 Å². The van der Waals surface area contributed by atoms with Crippen LogP contribution in [0.25, 0.3) is 0 Å². The first kappa shape index (κ1) is 15.2. The van der Waals surface area contributed by atoms with Gasteiger partial charge in [0.05, 0.1) is 22.8 Å². The summed E-state index contributed by atoms with van der Waals surface area (Å²) in [5.41, 5.74) is 2.07. The van der Waals surface area contributed by atoms with Crippen LogP contribution in [0.4, 0.5) is 0 Å². The predicted octanol–water partition coefficient (Wildman–Crippen LogP) is 2.20. The van der Waals surface area contributed by atoms with Crippen molar-refractivity contribution in [2.45, 2.75) is 18.4 Å². The molecule has 2 rings (SSSR count). The van der Waals surface area contributed by atoms with Crippen molar-refractivity contribution < 1.29 is 18.3 Å². The van der Waals surface area contributed by atoms with Gasteiger partial charge in [0.15, 0.2) is 9.84 Å². The minimum Gasteiger partial charge on any atom is -0.478 e. The summed E-state index contributed by atoms with van der Waals surface area (Å²) in [6, 6.07) is 10.1. The first-order valence-electron chi connectivity index (χ1n) is 6.30. The number of pyridine rings is 1. The minimum atomic E-state index is -3.35. The van der Waals surface area contributed by atoms with Gasteiger partial charge >= 0.3 is 5.97 Å². The molecule has 21 heavy (non-hydrogen) atoms. The van der Waals surface area contributed by atoms with Crippen LogP contribution in [0.3, 0.4) is 0 Å². The highest BCUT2D eigenvalue weighted by molar-refractivity contribution is 7.89. The van der Waals surface area contributed by atoms with Crippen molar-refractivity contribution in [3.8, 4) is 0 Å². The summed E-state index contributed by atoms with van der Waals surface area (Å²) in [6.07, 6.45) is 1.17. The van der Waals surface area contributed by atoms with Gasteiger partial charge in [0.2, 0.25) is 0 Å². The minimum absolute atomic E-state index is 0.0371. The predicted molar refractivity (Wildman–Crippen MR) is 78.7 cm³/mol. The Morgan fingerprint density at radius 3 is 2.43 bits per heavy atom. The number of carboxylic acid groups (broad SMARTS) is 1. The molecular weight excluding hydrogens is 290 g/mol. The van der Waals surface area contributed by atoms with Crippen molar-refractivity contribution in [2.24, 2.45) is 0 Å². The SMILES string of the molecule is Cc1ccccc1CS(=O)(=O)Cc1ccc(C(=O)O)cn1. The van der Waals surface area contributed by atoms with Gasteiger partial charge in [-0.05, 0) is 30.2 Å². The fourth-order valence-corrected chi connectivity index (χ4v) is 3.44. The molecule has 0 aliphatic rings. The van der Waals surface area contributed by atoms with E-state index in [1.807, 2.05) is 19.1 Å². The van der Waals surface area contributed by atoms with Crippen molar-refractivity contribution in [2.75, 3.05) is 0 Å². The Labute approximate surface area is 123 Å². The van der Waals surface area contributed by atoms with E-state index < -0.39 is 15.8 Å². The van der Waals surface area contributed by atoms with Crippen LogP contribution in [0.2, 0.25) is 0 Å². The van der Waals surface area contributed by atoms with Crippen LogP contribution in [-0.2, 0) is 21.3 Å². The van der Waals surface area contributed by atoms with E-state index in [9.17, 15) is 13.2 Å². The summed E-state index contributed by atoms with van der Waals surface area (Å²) in [5.74, 6) is -1.35. The lowest BCUT2D eigenvalue weighted by atomic mass is 10.1. The zero-order valence-corrected chi connectivity index (χ0v) is 12.3. The van der Waals surface area contributed by atoms with Gasteiger partial charge in [-0.3, -0.25) is 4.98 Å². The molecule has 0 spiro atoms.